The third-order valence-electron chi connectivity index (χ3n) is 4.44. The quantitative estimate of drug-likeness (QED) is 0.473. The largest absolute Gasteiger partial charge is 0.490 e. The highest BCUT2D eigenvalue weighted by Gasteiger charge is 2.38. The van der Waals surface area contributed by atoms with Gasteiger partial charge in [-0.2, -0.15) is 18.3 Å². The Morgan fingerprint density at radius 2 is 1.84 bits per heavy atom. The van der Waals surface area contributed by atoms with Crippen LogP contribution in [-0.2, 0) is 4.79 Å². The Morgan fingerprint density at radius 3 is 2.50 bits per heavy atom. The molecule has 3 heterocycles. The molecule has 4 rings (SSSR count). The van der Waals surface area contributed by atoms with E-state index in [1.807, 2.05) is 0 Å². The second-order valence-electron chi connectivity index (χ2n) is 6.86. The molecule has 0 aliphatic carbocycles. The van der Waals surface area contributed by atoms with Gasteiger partial charge >= 0.3 is 12.1 Å². The van der Waals surface area contributed by atoms with E-state index >= 15 is 0 Å². The van der Waals surface area contributed by atoms with E-state index < -0.39 is 37.1 Å². The van der Waals surface area contributed by atoms with Crippen molar-refractivity contribution in [1.29, 1.82) is 0 Å². The van der Waals surface area contributed by atoms with Gasteiger partial charge in [0.2, 0.25) is 0 Å². The van der Waals surface area contributed by atoms with Crippen molar-refractivity contribution in [2.45, 2.75) is 12.1 Å². The molecule has 1 aromatic carbocycles. The summed E-state index contributed by atoms with van der Waals surface area (Å²) in [5, 5.41) is 14.4. The van der Waals surface area contributed by atoms with Gasteiger partial charge in [0, 0.05) is 19.2 Å². The average molecular weight is 461 g/mol. The van der Waals surface area contributed by atoms with E-state index in [1.165, 1.54) is 10.6 Å². The fourth-order valence-electron chi connectivity index (χ4n) is 3.03. The van der Waals surface area contributed by atoms with E-state index in [4.69, 9.17) is 9.90 Å². The number of aliphatic carboxylic acids is 1. The number of alkyl halides is 5. The van der Waals surface area contributed by atoms with E-state index in [9.17, 15) is 31.5 Å². The van der Waals surface area contributed by atoms with Gasteiger partial charge in [0.05, 0.1) is 24.0 Å². The van der Waals surface area contributed by atoms with Crippen LogP contribution in [0.5, 0.6) is 0 Å². The number of carboxylic acids is 1. The maximum Gasteiger partial charge on any atom is 0.490 e. The number of hydrogen-bond donors (Lipinski definition) is 3. The molecule has 1 amide bonds. The zero-order chi connectivity index (χ0) is 23.7. The summed E-state index contributed by atoms with van der Waals surface area (Å²) in [4.78, 5) is 37.4. The van der Waals surface area contributed by atoms with E-state index in [0.717, 1.165) is 4.90 Å². The molecule has 32 heavy (non-hydrogen) atoms. The van der Waals surface area contributed by atoms with Crippen molar-refractivity contribution in [1.82, 2.24) is 24.8 Å². The van der Waals surface area contributed by atoms with Crippen LogP contribution in [-0.4, -0.2) is 74.8 Å². The number of H-pyrrole nitrogens is 1. The lowest BCUT2D eigenvalue weighted by molar-refractivity contribution is -0.192. The van der Waals surface area contributed by atoms with E-state index in [-0.39, 0.29) is 24.3 Å². The number of hydrogen-bond acceptors (Lipinski definition) is 5. The predicted molar refractivity (Wildman–Crippen MR) is 101 cm³/mol. The number of nitrogens with zero attached hydrogens (tertiary/aromatic N) is 3. The highest BCUT2D eigenvalue weighted by molar-refractivity contribution is 5.94. The van der Waals surface area contributed by atoms with Crippen LogP contribution in [0.1, 0.15) is 10.5 Å². The molecule has 3 N–H and O–H groups in total. The molecule has 1 saturated heterocycles. The van der Waals surface area contributed by atoms with Crippen molar-refractivity contribution >= 4 is 28.4 Å². The number of para-hydroxylation sites is 1. The second kappa shape index (κ2) is 8.53. The zero-order valence-electron chi connectivity index (χ0n) is 16.1. The number of halogens is 5. The molecule has 0 bridgehead atoms. The van der Waals surface area contributed by atoms with Crippen LogP contribution in [0.15, 0.2) is 35.1 Å². The lowest BCUT2D eigenvalue weighted by Crippen LogP contribution is -2.41. The van der Waals surface area contributed by atoms with Gasteiger partial charge in [0.15, 0.2) is 5.69 Å². The lowest BCUT2D eigenvalue weighted by atomic mass is 10.2. The van der Waals surface area contributed by atoms with Crippen molar-refractivity contribution in [2.24, 2.45) is 0 Å². The molecule has 1 aliphatic rings. The van der Waals surface area contributed by atoms with E-state index in [0.29, 0.717) is 16.6 Å². The zero-order valence-corrected chi connectivity index (χ0v) is 16.1. The van der Waals surface area contributed by atoms with Gasteiger partial charge in [-0.3, -0.25) is 9.59 Å². The molecule has 14 heteroatoms. The number of aromatic nitrogens is 3. The third kappa shape index (κ3) is 5.01. The molecular weight excluding hydrogens is 445 g/mol. The van der Waals surface area contributed by atoms with E-state index in [2.05, 4.69) is 15.4 Å². The van der Waals surface area contributed by atoms with Crippen molar-refractivity contribution in [3.8, 4) is 0 Å². The van der Waals surface area contributed by atoms with Crippen molar-refractivity contribution in [2.75, 3.05) is 26.2 Å². The Labute approximate surface area is 175 Å². The topological polar surface area (TPSA) is 120 Å². The second-order valence-corrected chi connectivity index (χ2v) is 6.86. The number of carbonyl (C=O) groups is 2. The van der Waals surface area contributed by atoms with Crippen molar-refractivity contribution in [3.05, 3.63) is 46.4 Å². The van der Waals surface area contributed by atoms with Gasteiger partial charge in [-0.05, 0) is 12.1 Å². The monoisotopic (exact) mass is 461 g/mol. The Bertz CT molecular complexity index is 1220. The maximum absolute atomic E-state index is 13.7. The molecule has 0 atom stereocenters. The average Bonchev–Trinajstić information content (AvgIpc) is 3.04. The lowest BCUT2D eigenvalue weighted by Gasteiger charge is -2.22. The highest BCUT2D eigenvalue weighted by atomic mass is 19.4. The standard InChI is InChI=1S/C16H15F2N5O2.C2HF3O2/c17-16(18)8-19-5-6-22(9-16)15(25)11-7-13-20-14(24)10-3-1-2-4-12(10)23(13)21-11;3-2(4,5)1(6)7/h1-4,7,19H,5-6,8-9H2,(H,20,24);(H,6,7). The van der Waals surface area contributed by atoms with Crippen LogP contribution >= 0.6 is 0 Å². The number of rotatable bonds is 1. The first-order valence-electron chi connectivity index (χ1n) is 9.08. The molecule has 2 aromatic heterocycles. The number of carboxylic acid groups (broad SMARTS) is 1. The Kier molecular flexibility index (Phi) is 6.16. The number of benzene rings is 1. The summed E-state index contributed by atoms with van der Waals surface area (Å²) < 4.78 is 60.6. The number of aromatic amines is 1. The number of fused-ring (bicyclic) bond motifs is 3. The van der Waals surface area contributed by atoms with Crippen LogP contribution in [0, 0.1) is 0 Å². The fraction of sp³-hybridized carbons (Fsp3) is 0.333. The van der Waals surface area contributed by atoms with Gasteiger partial charge in [0.1, 0.15) is 5.65 Å². The van der Waals surface area contributed by atoms with E-state index in [1.54, 1.807) is 24.3 Å². The molecule has 0 unspecified atom stereocenters. The van der Waals surface area contributed by atoms with Crippen LogP contribution in [0.3, 0.4) is 0 Å². The molecule has 1 aliphatic heterocycles. The minimum Gasteiger partial charge on any atom is -0.475 e. The molecular formula is C18H16F5N5O4. The number of carbonyl (C=O) groups excluding carboxylic acids is 1. The molecule has 3 aromatic rings. The summed E-state index contributed by atoms with van der Waals surface area (Å²) in [6.45, 7) is -0.669. The van der Waals surface area contributed by atoms with Crippen LogP contribution < -0.4 is 10.9 Å². The summed E-state index contributed by atoms with van der Waals surface area (Å²) in [6, 6.07) is 8.25. The summed E-state index contributed by atoms with van der Waals surface area (Å²) >= 11 is 0. The van der Waals surface area contributed by atoms with Gasteiger partial charge in [-0.15, -0.1) is 0 Å². The van der Waals surface area contributed by atoms with Crippen molar-refractivity contribution < 1.29 is 36.6 Å². The molecule has 172 valence electrons. The first-order valence-corrected chi connectivity index (χ1v) is 9.08. The predicted octanol–water partition coefficient (Wildman–Crippen LogP) is 1.49. The maximum atomic E-state index is 13.7. The molecule has 9 nitrogen and oxygen atoms in total. The first-order chi connectivity index (χ1) is 14.9. The molecule has 1 fully saturated rings. The number of nitrogens with one attached hydrogen (secondary N) is 2. The highest BCUT2D eigenvalue weighted by Crippen LogP contribution is 2.19. The van der Waals surface area contributed by atoms with Gasteiger partial charge in [-0.25, -0.2) is 18.1 Å². The first kappa shape index (κ1) is 23.1. The molecule has 0 spiro atoms. The van der Waals surface area contributed by atoms with Crippen LogP contribution in [0.4, 0.5) is 22.0 Å². The Balaban J connectivity index is 0.000000360. The minimum atomic E-state index is -5.08. The SMILES string of the molecule is O=C(O)C(F)(F)F.O=C(c1cc2[nH]c(=O)c3ccccc3n2n1)N1CCNCC(F)(F)C1. The smallest absolute Gasteiger partial charge is 0.475 e. The van der Waals surface area contributed by atoms with Gasteiger partial charge in [-0.1, -0.05) is 12.1 Å². The summed E-state index contributed by atoms with van der Waals surface area (Å²) in [6.07, 6.45) is -5.08. The van der Waals surface area contributed by atoms with Crippen LogP contribution in [0.25, 0.3) is 16.6 Å². The summed E-state index contributed by atoms with van der Waals surface area (Å²) in [7, 11) is 0. The summed E-state index contributed by atoms with van der Waals surface area (Å²) in [5.41, 5.74) is 0.604. The molecule has 0 radical (unpaired) electrons. The number of amides is 1. The minimum absolute atomic E-state index is 0.0182. The fourth-order valence-corrected chi connectivity index (χ4v) is 3.03. The van der Waals surface area contributed by atoms with Gasteiger partial charge in [0.25, 0.3) is 17.4 Å². The normalized spacial score (nSPS) is 16.3. The third-order valence-corrected chi connectivity index (χ3v) is 4.44. The Morgan fingerprint density at radius 1 is 1.19 bits per heavy atom. The van der Waals surface area contributed by atoms with Gasteiger partial charge < -0.3 is 20.3 Å². The van der Waals surface area contributed by atoms with Crippen LogP contribution in [0.2, 0.25) is 0 Å². The molecule has 0 saturated carbocycles. The summed E-state index contributed by atoms with van der Waals surface area (Å²) in [5.74, 6) is -6.34. The Hall–Kier alpha value is -3.55. The van der Waals surface area contributed by atoms with Crippen molar-refractivity contribution in [3.63, 3.8) is 0 Å².